The second-order valence-electron chi connectivity index (χ2n) is 5.51. The highest BCUT2D eigenvalue weighted by atomic mass is 16.5. The molecule has 1 unspecified atom stereocenters. The molecule has 2 rings (SSSR count). The van der Waals surface area contributed by atoms with E-state index >= 15 is 0 Å². The fourth-order valence-electron chi connectivity index (χ4n) is 2.87. The fraction of sp³-hybridized carbons (Fsp3) is 0.929. The Morgan fingerprint density at radius 2 is 1.89 bits per heavy atom. The Balaban J connectivity index is 1.65. The van der Waals surface area contributed by atoms with Gasteiger partial charge >= 0.3 is 0 Å². The SMILES string of the molecule is CCCNC1CCC(NC(=O)C2CCCO2)CC1. The minimum absolute atomic E-state index is 0.109. The molecule has 1 atom stereocenters. The molecule has 1 aliphatic heterocycles. The van der Waals surface area contributed by atoms with Crippen LogP contribution in [0.3, 0.4) is 0 Å². The monoisotopic (exact) mass is 254 g/mol. The molecule has 0 aromatic carbocycles. The quantitative estimate of drug-likeness (QED) is 0.783. The first-order valence-electron chi connectivity index (χ1n) is 7.45. The van der Waals surface area contributed by atoms with E-state index in [1.807, 2.05) is 0 Å². The summed E-state index contributed by atoms with van der Waals surface area (Å²) >= 11 is 0. The van der Waals surface area contributed by atoms with Crippen LogP contribution in [0.15, 0.2) is 0 Å². The molecule has 4 heteroatoms. The number of nitrogens with one attached hydrogen (secondary N) is 2. The maximum atomic E-state index is 11.9. The van der Waals surface area contributed by atoms with Gasteiger partial charge in [-0.15, -0.1) is 0 Å². The van der Waals surface area contributed by atoms with E-state index in [2.05, 4.69) is 17.6 Å². The molecular weight excluding hydrogens is 228 g/mol. The molecule has 4 nitrogen and oxygen atoms in total. The highest BCUT2D eigenvalue weighted by Gasteiger charge is 2.27. The van der Waals surface area contributed by atoms with Crippen molar-refractivity contribution < 1.29 is 9.53 Å². The lowest BCUT2D eigenvalue weighted by Gasteiger charge is -2.30. The predicted molar refractivity (Wildman–Crippen MR) is 71.5 cm³/mol. The van der Waals surface area contributed by atoms with E-state index in [-0.39, 0.29) is 12.0 Å². The normalized spacial score (nSPS) is 32.4. The van der Waals surface area contributed by atoms with Gasteiger partial charge in [0.05, 0.1) is 0 Å². The zero-order valence-electron chi connectivity index (χ0n) is 11.4. The van der Waals surface area contributed by atoms with Gasteiger partial charge in [-0.3, -0.25) is 4.79 Å². The molecule has 0 radical (unpaired) electrons. The second kappa shape index (κ2) is 7.10. The number of rotatable bonds is 5. The van der Waals surface area contributed by atoms with Crippen LogP contribution in [0.2, 0.25) is 0 Å². The van der Waals surface area contributed by atoms with Gasteiger partial charge in [0.25, 0.3) is 0 Å². The second-order valence-corrected chi connectivity index (χ2v) is 5.51. The van der Waals surface area contributed by atoms with Gasteiger partial charge in [-0.25, -0.2) is 0 Å². The van der Waals surface area contributed by atoms with Gasteiger partial charge in [-0.05, 0) is 51.5 Å². The zero-order chi connectivity index (χ0) is 12.8. The molecule has 2 aliphatic rings. The van der Waals surface area contributed by atoms with Crippen molar-refractivity contribution in [3.8, 4) is 0 Å². The number of carbonyl (C=O) groups excluding carboxylic acids is 1. The lowest BCUT2D eigenvalue weighted by Crippen LogP contribution is -2.45. The van der Waals surface area contributed by atoms with E-state index in [4.69, 9.17) is 4.74 Å². The smallest absolute Gasteiger partial charge is 0.249 e. The molecule has 104 valence electrons. The molecule has 1 aliphatic carbocycles. The lowest BCUT2D eigenvalue weighted by molar-refractivity contribution is -0.131. The van der Waals surface area contributed by atoms with E-state index in [0.717, 1.165) is 38.8 Å². The van der Waals surface area contributed by atoms with Crippen LogP contribution in [-0.2, 0) is 9.53 Å². The molecule has 1 amide bonds. The van der Waals surface area contributed by atoms with Crippen molar-refractivity contribution in [1.29, 1.82) is 0 Å². The van der Waals surface area contributed by atoms with E-state index in [0.29, 0.717) is 12.1 Å². The van der Waals surface area contributed by atoms with Gasteiger partial charge in [-0.2, -0.15) is 0 Å². The number of hydrogen-bond acceptors (Lipinski definition) is 3. The first-order valence-corrected chi connectivity index (χ1v) is 7.45. The van der Waals surface area contributed by atoms with Crippen LogP contribution in [0.4, 0.5) is 0 Å². The molecule has 0 bridgehead atoms. The van der Waals surface area contributed by atoms with Gasteiger partial charge in [0.2, 0.25) is 5.91 Å². The third-order valence-corrected chi connectivity index (χ3v) is 3.98. The van der Waals surface area contributed by atoms with E-state index in [1.54, 1.807) is 0 Å². The summed E-state index contributed by atoms with van der Waals surface area (Å²) in [5.41, 5.74) is 0. The lowest BCUT2D eigenvalue weighted by atomic mass is 9.91. The average molecular weight is 254 g/mol. The topological polar surface area (TPSA) is 50.4 Å². The number of hydrogen-bond donors (Lipinski definition) is 2. The van der Waals surface area contributed by atoms with Gasteiger partial charge in [0, 0.05) is 18.7 Å². The number of amides is 1. The summed E-state index contributed by atoms with van der Waals surface area (Å²) in [4.78, 5) is 11.9. The Labute approximate surface area is 110 Å². The Morgan fingerprint density at radius 3 is 2.50 bits per heavy atom. The van der Waals surface area contributed by atoms with Crippen LogP contribution in [0.25, 0.3) is 0 Å². The summed E-state index contributed by atoms with van der Waals surface area (Å²) in [5, 5.41) is 6.71. The van der Waals surface area contributed by atoms with Crippen LogP contribution in [0, 0.1) is 0 Å². The molecule has 1 saturated carbocycles. The molecular formula is C14H26N2O2. The summed E-state index contributed by atoms with van der Waals surface area (Å²) in [5.74, 6) is 0.109. The standard InChI is InChI=1S/C14H26N2O2/c1-2-9-15-11-5-7-12(8-6-11)16-14(17)13-4-3-10-18-13/h11-13,15H,2-10H2,1H3,(H,16,17). The fourth-order valence-corrected chi connectivity index (χ4v) is 2.87. The summed E-state index contributed by atoms with van der Waals surface area (Å²) < 4.78 is 5.41. The molecule has 18 heavy (non-hydrogen) atoms. The van der Waals surface area contributed by atoms with Crippen LogP contribution < -0.4 is 10.6 Å². The minimum Gasteiger partial charge on any atom is -0.368 e. The molecule has 0 aromatic heterocycles. The van der Waals surface area contributed by atoms with Gasteiger partial charge in [0.1, 0.15) is 6.10 Å². The van der Waals surface area contributed by atoms with E-state index in [9.17, 15) is 4.79 Å². The average Bonchev–Trinajstić information content (AvgIpc) is 2.92. The van der Waals surface area contributed by atoms with Crippen molar-refractivity contribution in [2.45, 2.75) is 70.1 Å². The molecule has 0 aromatic rings. The Kier molecular flexibility index (Phi) is 5.45. The van der Waals surface area contributed by atoms with Crippen LogP contribution in [-0.4, -0.2) is 37.2 Å². The van der Waals surface area contributed by atoms with Crippen molar-refractivity contribution in [2.24, 2.45) is 0 Å². The van der Waals surface area contributed by atoms with Gasteiger partial charge in [-0.1, -0.05) is 6.92 Å². The van der Waals surface area contributed by atoms with Crippen LogP contribution in [0.5, 0.6) is 0 Å². The molecule has 1 heterocycles. The maximum Gasteiger partial charge on any atom is 0.249 e. The van der Waals surface area contributed by atoms with Crippen molar-refractivity contribution in [3.05, 3.63) is 0 Å². The highest BCUT2D eigenvalue weighted by molar-refractivity contribution is 5.81. The Morgan fingerprint density at radius 1 is 1.17 bits per heavy atom. The molecule has 2 N–H and O–H groups in total. The van der Waals surface area contributed by atoms with Crippen LogP contribution in [0.1, 0.15) is 51.9 Å². The zero-order valence-corrected chi connectivity index (χ0v) is 11.4. The largest absolute Gasteiger partial charge is 0.368 e. The molecule has 2 fully saturated rings. The Bertz CT molecular complexity index is 257. The van der Waals surface area contributed by atoms with Crippen molar-refractivity contribution >= 4 is 5.91 Å². The molecule has 1 saturated heterocycles. The van der Waals surface area contributed by atoms with E-state index < -0.39 is 0 Å². The van der Waals surface area contributed by atoms with Crippen molar-refractivity contribution in [1.82, 2.24) is 10.6 Å². The third kappa shape index (κ3) is 3.95. The Hall–Kier alpha value is -0.610. The van der Waals surface area contributed by atoms with E-state index in [1.165, 1.54) is 19.3 Å². The van der Waals surface area contributed by atoms with Gasteiger partial charge in [0.15, 0.2) is 0 Å². The number of ether oxygens (including phenoxy) is 1. The highest BCUT2D eigenvalue weighted by Crippen LogP contribution is 2.20. The van der Waals surface area contributed by atoms with Gasteiger partial charge < -0.3 is 15.4 Å². The maximum absolute atomic E-state index is 11.9. The summed E-state index contributed by atoms with van der Waals surface area (Å²) in [7, 11) is 0. The minimum atomic E-state index is -0.180. The summed E-state index contributed by atoms with van der Waals surface area (Å²) in [6.07, 6.45) is 7.47. The number of carbonyl (C=O) groups is 1. The van der Waals surface area contributed by atoms with Crippen molar-refractivity contribution in [2.75, 3.05) is 13.2 Å². The summed E-state index contributed by atoms with van der Waals surface area (Å²) in [6.45, 7) is 4.05. The predicted octanol–water partition coefficient (Wildman–Crippen LogP) is 1.59. The van der Waals surface area contributed by atoms with Crippen LogP contribution >= 0.6 is 0 Å². The first-order chi connectivity index (χ1) is 8.79. The summed E-state index contributed by atoms with van der Waals surface area (Å²) in [6, 6.07) is 1.02. The van der Waals surface area contributed by atoms with Crippen molar-refractivity contribution in [3.63, 3.8) is 0 Å². The third-order valence-electron chi connectivity index (χ3n) is 3.98. The first kappa shape index (κ1) is 13.8. The molecule has 0 spiro atoms.